The van der Waals surface area contributed by atoms with Crippen LogP contribution in [0.15, 0.2) is 28.7 Å². The molecule has 0 fully saturated rings. The van der Waals surface area contributed by atoms with Crippen molar-refractivity contribution in [1.29, 1.82) is 0 Å². The highest BCUT2D eigenvalue weighted by molar-refractivity contribution is 9.10. The normalized spacial score (nSPS) is 10.6. The van der Waals surface area contributed by atoms with E-state index in [-0.39, 0.29) is 12.4 Å². The Kier molecular flexibility index (Phi) is 5.28. The molecule has 2 rings (SSSR count). The van der Waals surface area contributed by atoms with Crippen molar-refractivity contribution >= 4 is 33.3 Å². The van der Waals surface area contributed by atoms with Crippen molar-refractivity contribution in [3.63, 3.8) is 0 Å². The number of aromatic nitrogens is 2. The van der Waals surface area contributed by atoms with Gasteiger partial charge in [-0.2, -0.15) is 0 Å². The number of ether oxygens (including phenoxy) is 1. The summed E-state index contributed by atoms with van der Waals surface area (Å²) in [6.45, 7) is 0.561. The molecule has 2 aromatic rings. The average molecular weight is 361 g/mol. The molecule has 1 aromatic carbocycles. The Bertz CT molecular complexity index is 612. The van der Waals surface area contributed by atoms with Gasteiger partial charge >= 0.3 is 0 Å². The van der Waals surface area contributed by atoms with Gasteiger partial charge in [0.15, 0.2) is 5.82 Å². The maximum Gasteiger partial charge on any atom is 0.158 e. The predicted octanol–water partition coefficient (Wildman–Crippen LogP) is 3.79. The zero-order valence-corrected chi connectivity index (χ0v) is 13.0. The molecule has 0 saturated heterocycles. The van der Waals surface area contributed by atoms with Crippen molar-refractivity contribution < 1.29 is 9.13 Å². The quantitative estimate of drug-likeness (QED) is 0.824. The van der Waals surface area contributed by atoms with Gasteiger partial charge in [-0.1, -0.05) is 27.5 Å². The van der Waals surface area contributed by atoms with Crippen LogP contribution < -0.4 is 5.32 Å². The van der Waals surface area contributed by atoms with Gasteiger partial charge in [-0.05, 0) is 18.2 Å². The fraction of sp³-hybridized carbons (Fsp3) is 0.231. The summed E-state index contributed by atoms with van der Waals surface area (Å²) >= 11 is 9.20. The molecule has 0 radical (unpaired) electrons. The standard InChI is InChI=1S/C13H12BrClFN3O/c1-20-7-13-18-11(15)5-12(19-13)17-6-8-4-9(14)2-3-10(8)16/h2-5H,6-7H2,1H3,(H,17,18,19). The number of halogens is 3. The second kappa shape index (κ2) is 6.97. The summed E-state index contributed by atoms with van der Waals surface area (Å²) in [5.41, 5.74) is 0.530. The Morgan fingerprint density at radius 1 is 1.35 bits per heavy atom. The van der Waals surface area contributed by atoms with Gasteiger partial charge in [-0.3, -0.25) is 0 Å². The fourth-order valence-corrected chi connectivity index (χ4v) is 2.22. The van der Waals surface area contributed by atoms with E-state index in [0.29, 0.717) is 28.9 Å². The van der Waals surface area contributed by atoms with Gasteiger partial charge in [0.05, 0.1) is 0 Å². The number of rotatable bonds is 5. The van der Waals surface area contributed by atoms with E-state index >= 15 is 0 Å². The van der Waals surface area contributed by atoms with E-state index in [1.807, 2.05) is 0 Å². The molecule has 0 atom stereocenters. The minimum absolute atomic E-state index is 0.264. The first kappa shape index (κ1) is 15.2. The van der Waals surface area contributed by atoms with Crippen LogP contribution in [0.2, 0.25) is 5.15 Å². The molecular formula is C13H12BrClFN3O. The van der Waals surface area contributed by atoms with Crippen molar-refractivity contribution in [2.24, 2.45) is 0 Å². The van der Waals surface area contributed by atoms with Crippen LogP contribution in [-0.2, 0) is 17.9 Å². The van der Waals surface area contributed by atoms with E-state index in [2.05, 4.69) is 31.2 Å². The van der Waals surface area contributed by atoms with E-state index in [1.54, 1.807) is 25.3 Å². The first-order valence-electron chi connectivity index (χ1n) is 5.78. The van der Waals surface area contributed by atoms with E-state index in [1.165, 1.54) is 6.07 Å². The lowest BCUT2D eigenvalue weighted by atomic mass is 10.2. The summed E-state index contributed by atoms with van der Waals surface area (Å²) in [6.07, 6.45) is 0. The van der Waals surface area contributed by atoms with Crippen LogP contribution in [0.5, 0.6) is 0 Å². The topological polar surface area (TPSA) is 47.0 Å². The number of hydrogen-bond donors (Lipinski definition) is 1. The molecule has 0 aliphatic heterocycles. The molecule has 1 aromatic heterocycles. The van der Waals surface area contributed by atoms with Crippen LogP contribution in [0, 0.1) is 5.82 Å². The van der Waals surface area contributed by atoms with Crippen LogP contribution >= 0.6 is 27.5 Å². The van der Waals surface area contributed by atoms with E-state index in [0.717, 1.165) is 4.47 Å². The highest BCUT2D eigenvalue weighted by atomic mass is 79.9. The van der Waals surface area contributed by atoms with E-state index in [4.69, 9.17) is 16.3 Å². The summed E-state index contributed by atoms with van der Waals surface area (Å²) in [6, 6.07) is 6.35. The lowest BCUT2D eigenvalue weighted by Gasteiger charge is -2.09. The summed E-state index contributed by atoms with van der Waals surface area (Å²) < 4.78 is 19.4. The van der Waals surface area contributed by atoms with Crippen molar-refractivity contribution in [2.75, 3.05) is 12.4 Å². The molecule has 20 heavy (non-hydrogen) atoms. The molecule has 0 amide bonds. The fourth-order valence-electron chi connectivity index (χ4n) is 1.61. The maximum absolute atomic E-state index is 13.6. The Morgan fingerprint density at radius 2 is 2.15 bits per heavy atom. The Labute approximate surface area is 129 Å². The summed E-state index contributed by atoms with van der Waals surface area (Å²) in [5.74, 6) is 0.714. The predicted molar refractivity (Wildman–Crippen MR) is 79.2 cm³/mol. The number of nitrogens with one attached hydrogen (secondary N) is 1. The monoisotopic (exact) mass is 359 g/mol. The van der Waals surface area contributed by atoms with Gasteiger partial charge in [-0.25, -0.2) is 14.4 Å². The van der Waals surface area contributed by atoms with E-state index < -0.39 is 0 Å². The second-order valence-electron chi connectivity index (χ2n) is 4.01. The molecule has 7 heteroatoms. The number of methoxy groups -OCH3 is 1. The first-order chi connectivity index (χ1) is 9.58. The van der Waals surface area contributed by atoms with Crippen molar-refractivity contribution in [2.45, 2.75) is 13.2 Å². The summed E-state index contributed by atoms with van der Waals surface area (Å²) in [4.78, 5) is 8.24. The van der Waals surface area contributed by atoms with E-state index in [9.17, 15) is 4.39 Å². The number of benzene rings is 1. The molecular weight excluding hydrogens is 349 g/mol. The third kappa shape index (κ3) is 4.13. The zero-order valence-electron chi connectivity index (χ0n) is 10.7. The minimum Gasteiger partial charge on any atom is -0.377 e. The van der Waals surface area contributed by atoms with Crippen LogP contribution in [0.3, 0.4) is 0 Å². The van der Waals surface area contributed by atoms with Gasteiger partial charge in [0.25, 0.3) is 0 Å². The molecule has 0 bridgehead atoms. The SMILES string of the molecule is COCc1nc(Cl)cc(NCc2cc(Br)ccc2F)n1. The third-order valence-electron chi connectivity index (χ3n) is 2.48. The molecule has 0 aliphatic carbocycles. The molecule has 0 saturated carbocycles. The maximum atomic E-state index is 13.6. The van der Waals surface area contributed by atoms with Crippen molar-refractivity contribution in [3.05, 3.63) is 51.1 Å². The number of hydrogen-bond acceptors (Lipinski definition) is 4. The molecule has 0 spiro atoms. The lowest BCUT2D eigenvalue weighted by Crippen LogP contribution is -2.06. The van der Waals surface area contributed by atoms with Crippen LogP contribution in [0.4, 0.5) is 10.2 Å². The van der Waals surface area contributed by atoms with Crippen molar-refractivity contribution in [1.82, 2.24) is 9.97 Å². The smallest absolute Gasteiger partial charge is 0.158 e. The highest BCUT2D eigenvalue weighted by Crippen LogP contribution is 2.18. The van der Waals surface area contributed by atoms with Gasteiger partial charge in [0.1, 0.15) is 23.4 Å². The van der Waals surface area contributed by atoms with Gasteiger partial charge in [0.2, 0.25) is 0 Å². The Balaban J connectivity index is 2.12. The van der Waals surface area contributed by atoms with Crippen molar-refractivity contribution in [3.8, 4) is 0 Å². The summed E-state index contributed by atoms with van der Waals surface area (Å²) in [5, 5.41) is 3.33. The Hall–Kier alpha value is -1.24. The molecule has 0 unspecified atom stereocenters. The number of nitrogens with zero attached hydrogens (tertiary/aromatic N) is 2. The highest BCUT2D eigenvalue weighted by Gasteiger charge is 2.06. The van der Waals surface area contributed by atoms with Crippen LogP contribution in [0.25, 0.3) is 0 Å². The third-order valence-corrected chi connectivity index (χ3v) is 3.17. The number of anilines is 1. The van der Waals surface area contributed by atoms with Gasteiger partial charge in [0, 0.05) is 29.8 Å². The molecule has 0 aliphatic rings. The van der Waals surface area contributed by atoms with Crippen LogP contribution in [-0.4, -0.2) is 17.1 Å². The second-order valence-corrected chi connectivity index (χ2v) is 5.32. The molecule has 1 heterocycles. The van der Waals surface area contributed by atoms with Gasteiger partial charge < -0.3 is 10.1 Å². The Morgan fingerprint density at radius 3 is 2.90 bits per heavy atom. The van der Waals surface area contributed by atoms with Crippen LogP contribution in [0.1, 0.15) is 11.4 Å². The van der Waals surface area contributed by atoms with Gasteiger partial charge in [-0.15, -0.1) is 0 Å². The zero-order chi connectivity index (χ0) is 14.5. The molecule has 1 N–H and O–H groups in total. The largest absolute Gasteiger partial charge is 0.377 e. The lowest BCUT2D eigenvalue weighted by molar-refractivity contribution is 0.178. The average Bonchev–Trinajstić information content (AvgIpc) is 2.40. The molecule has 4 nitrogen and oxygen atoms in total. The first-order valence-corrected chi connectivity index (χ1v) is 6.96. The summed E-state index contributed by atoms with van der Waals surface area (Å²) in [7, 11) is 1.55. The minimum atomic E-state index is -0.280. The molecule has 106 valence electrons.